The summed E-state index contributed by atoms with van der Waals surface area (Å²) in [5.74, 6) is -1.81. The smallest absolute Gasteiger partial charge is 0.309 e. The van der Waals surface area contributed by atoms with E-state index in [9.17, 15) is 20.0 Å². The van der Waals surface area contributed by atoms with Crippen molar-refractivity contribution in [2.75, 3.05) is 27.2 Å². The van der Waals surface area contributed by atoms with E-state index in [2.05, 4.69) is 0 Å². The number of aliphatic carboxylic acids is 1. The lowest BCUT2D eigenvalue weighted by Crippen LogP contribution is -2.65. The second-order valence-corrected chi connectivity index (χ2v) is 11.6. The van der Waals surface area contributed by atoms with Crippen LogP contribution in [0.15, 0.2) is 0 Å². The van der Waals surface area contributed by atoms with E-state index in [1.165, 1.54) is 0 Å². The van der Waals surface area contributed by atoms with E-state index in [1.807, 2.05) is 41.5 Å². The Hall–Kier alpha value is -1.22. The summed E-state index contributed by atoms with van der Waals surface area (Å²) in [5.41, 5.74) is -1.14. The molecule has 0 amide bonds. The van der Waals surface area contributed by atoms with Crippen LogP contribution in [0.4, 0.5) is 0 Å². The van der Waals surface area contributed by atoms with Gasteiger partial charge in [-0.2, -0.15) is 0 Å². The van der Waals surface area contributed by atoms with Crippen LogP contribution in [0.25, 0.3) is 0 Å². The van der Waals surface area contributed by atoms with Gasteiger partial charge in [-0.05, 0) is 46.5 Å². The minimum absolute atomic E-state index is 0.00247. The Morgan fingerprint density at radius 1 is 1.00 bits per heavy atom. The summed E-state index contributed by atoms with van der Waals surface area (Å²) in [5, 5.41) is 35.0. The van der Waals surface area contributed by atoms with Crippen molar-refractivity contribution in [1.29, 1.82) is 0 Å². The van der Waals surface area contributed by atoms with E-state index in [-0.39, 0.29) is 45.5 Å². The number of hydrogen-bond acceptors (Lipinski definition) is 5. The number of rotatable bonds is 7. The van der Waals surface area contributed by atoms with Crippen molar-refractivity contribution in [3.05, 3.63) is 10.4 Å². The first-order chi connectivity index (χ1) is 14.5. The van der Waals surface area contributed by atoms with E-state index in [0.29, 0.717) is 38.8 Å². The number of likely N-dealkylation sites (tertiary alicyclic amines) is 2. The number of carbonyl (C=O) groups is 2. The van der Waals surface area contributed by atoms with E-state index >= 15 is 0 Å². The van der Waals surface area contributed by atoms with Crippen molar-refractivity contribution in [2.45, 2.75) is 90.8 Å². The third-order valence-electron chi connectivity index (χ3n) is 9.59. The predicted molar refractivity (Wildman–Crippen MR) is 123 cm³/mol. The lowest BCUT2D eigenvalue weighted by Gasteiger charge is -2.60. The number of carboxylic acids is 1. The molecule has 0 bridgehead atoms. The Bertz CT molecular complexity index is 703. The van der Waals surface area contributed by atoms with Crippen molar-refractivity contribution in [3.8, 4) is 0 Å². The number of ether oxygens (including phenoxy) is 1. The van der Waals surface area contributed by atoms with Gasteiger partial charge >= 0.3 is 11.9 Å². The van der Waals surface area contributed by atoms with E-state index in [0.717, 1.165) is 0 Å². The number of nitrogens with zero attached hydrogens (tertiary/aromatic N) is 2. The molecule has 2 heterocycles. The van der Waals surface area contributed by atoms with Crippen LogP contribution in [-0.2, 0) is 14.3 Å². The summed E-state index contributed by atoms with van der Waals surface area (Å²) in [4.78, 5) is 24.6. The molecule has 2 aliphatic heterocycles. The number of carboxylic acid groups (broad SMARTS) is 1. The molecule has 186 valence electrons. The number of piperidine rings is 2. The number of quaternary nitrogens is 2. The van der Waals surface area contributed by atoms with Crippen molar-refractivity contribution < 1.29 is 28.7 Å². The fourth-order valence-electron chi connectivity index (χ4n) is 5.61. The third-order valence-corrected chi connectivity index (χ3v) is 9.59. The average molecular weight is 457 g/mol. The summed E-state index contributed by atoms with van der Waals surface area (Å²) < 4.78 is 5.34. The number of carbonyl (C=O) groups excluding carboxylic acids is 1. The highest BCUT2D eigenvalue weighted by molar-refractivity contribution is 5.73. The summed E-state index contributed by atoms with van der Waals surface area (Å²) in [7, 11) is 3.36. The maximum atomic E-state index is 13.5. The number of hydroxylamine groups is 6. The van der Waals surface area contributed by atoms with Gasteiger partial charge in [-0.25, -0.2) is 0 Å². The van der Waals surface area contributed by atoms with Crippen LogP contribution in [0.3, 0.4) is 0 Å². The molecule has 0 spiro atoms. The zero-order chi connectivity index (χ0) is 24.7. The Morgan fingerprint density at radius 3 is 2.03 bits per heavy atom. The van der Waals surface area contributed by atoms with E-state index < -0.39 is 23.0 Å². The molecule has 1 N–H and O–H groups in total. The highest BCUT2D eigenvalue weighted by Crippen LogP contribution is 2.46. The van der Waals surface area contributed by atoms with Gasteiger partial charge in [0.2, 0.25) is 0 Å². The SMILES string of the molecule is CC1C(OC(=O)C(CCCC(=O)O)C2CC[N+](C)([O-])C(C)(C)C2C)CC[N+](C)([O-])C1(C)C. The third kappa shape index (κ3) is 4.98. The maximum absolute atomic E-state index is 13.5. The molecule has 0 radical (unpaired) electrons. The van der Waals surface area contributed by atoms with Crippen LogP contribution >= 0.6 is 0 Å². The molecule has 2 saturated heterocycles. The second kappa shape index (κ2) is 9.20. The highest BCUT2D eigenvalue weighted by atomic mass is 16.6. The van der Waals surface area contributed by atoms with Gasteiger partial charge in [0.25, 0.3) is 0 Å². The molecule has 2 fully saturated rings. The largest absolute Gasteiger partial charge is 0.633 e. The monoisotopic (exact) mass is 456 g/mol. The molecule has 0 saturated carbocycles. The van der Waals surface area contributed by atoms with Gasteiger partial charge in [0.15, 0.2) is 0 Å². The van der Waals surface area contributed by atoms with Gasteiger partial charge in [0, 0.05) is 31.1 Å². The average Bonchev–Trinajstić information content (AvgIpc) is 2.66. The van der Waals surface area contributed by atoms with Crippen molar-refractivity contribution in [1.82, 2.24) is 0 Å². The minimum atomic E-state index is -0.881. The lowest BCUT2D eigenvalue weighted by atomic mass is 9.67. The Morgan fingerprint density at radius 2 is 1.50 bits per heavy atom. The van der Waals surface area contributed by atoms with E-state index in [4.69, 9.17) is 9.84 Å². The summed E-state index contributed by atoms with van der Waals surface area (Å²) in [6.07, 6.45) is 1.61. The Kier molecular flexibility index (Phi) is 7.77. The quantitative estimate of drug-likeness (QED) is 0.353. The zero-order valence-corrected chi connectivity index (χ0v) is 21.2. The first-order valence-corrected chi connectivity index (χ1v) is 12.0. The van der Waals surface area contributed by atoms with Crippen LogP contribution in [-0.4, -0.2) is 70.7 Å². The van der Waals surface area contributed by atoms with Crippen molar-refractivity contribution in [2.24, 2.45) is 23.7 Å². The standard InChI is InChI=1S/C24H44N2O6/c1-16-18(12-14-25(7,30)23(16,3)4)19(10-9-11-21(27)28)22(29)32-20-13-15-26(8,31)24(5,6)17(20)2/h16-20H,9-15H2,1-8H3,(H,27,28). The zero-order valence-electron chi connectivity index (χ0n) is 21.2. The summed E-state index contributed by atoms with van der Waals surface area (Å²) in [6.45, 7) is 12.6. The Labute approximate surface area is 193 Å². The molecule has 2 aliphatic rings. The summed E-state index contributed by atoms with van der Waals surface area (Å²) >= 11 is 0. The van der Waals surface area contributed by atoms with Gasteiger partial charge in [-0.15, -0.1) is 0 Å². The molecule has 8 heteroatoms. The number of hydrogen-bond donors (Lipinski definition) is 1. The molecule has 0 aliphatic carbocycles. The van der Waals surface area contributed by atoms with Crippen molar-refractivity contribution >= 4 is 11.9 Å². The first-order valence-electron chi connectivity index (χ1n) is 12.0. The molecular formula is C24H44N2O6. The molecule has 32 heavy (non-hydrogen) atoms. The fourth-order valence-corrected chi connectivity index (χ4v) is 5.61. The van der Waals surface area contributed by atoms with Gasteiger partial charge in [-0.1, -0.05) is 13.8 Å². The van der Waals surface area contributed by atoms with Crippen LogP contribution in [0, 0.1) is 34.1 Å². The second-order valence-electron chi connectivity index (χ2n) is 11.6. The first kappa shape index (κ1) is 27.0. The highest BCUT2D eigenvalue weighted by Gasteiger charge is 2.52. The molecule has 0 aromatic heterocycles. The van der Waals surface area contributed by atoms with Crippen LogP contribution < -0.4 is 0 Å². The van der Waals surface area contributed by atoms with Gasteiger partial charge in [0.1, 0.15) is 6.10 Å². The van der Waals surface area contributed by atoms with Crippen LogP contribution in [0.5, 0.6) is 0 Å². The van der Waals surface area contributed by atoms with Gasteiger partial charge < -0.3 is 29.6 Å². The molecular weight excluding hydrogens is 412 g/mol. The molecule has 0 aromatic carbocycles. The molecule has 0 aromatic rings. The Balaban J connectivity index is 2.23. The molecule has 2 rings (SSSR count). The number of esters is 1. The predicted octanol–water partition coefficient (Wildman–Crippen LogP) is 3.91. The molecule has 7 unspecified atom stereocenters. The topological polar surface area (TPSA) is 110 Å². The normalized spacial score (nSPS) is 39.8. The molecule has 8 nitrogen and oxygen atoms in total. The fraction of sp³-hybridized carbons (Fsp3) is 0.917. The summed E-state index contributed by atoms with van der Waals surface area (Å²) in [6, 6.07) is 0. The van der Waals surface area contributed by atoms with Crippen LogP contribution in [0.2, 0.25) is 0 Å². The van der Waals surface area contributed by atoms with E-state index in [1.54, 1.807) is 14.1 Å². The lowest BCUT2D eigenvalue weighted by molar-refractivity contribution is -0.922. The van der Waals surface area contributed by atoms with Gasteiger partial charge in [0.05, 0.1) is 44.2 Å². The minimum Gasteiger partial charge on any atom is -0.633 e. The van der Waals surface area contributed by atoms with Gasteiger partial charge in [-0.3, -0.25) is 9.59 Å². The van der Waals surface area contributed by atoms with Crippen molar-refractivity contribution in [3.63, 3.8) is 0 Å². The van der Waals surface area contributed by atoms with Crippen LogP contribution in [0.1, 0.15) is 73.6 Å². The maximum Gasteiger partial charge on any atom is 0.309 e. The molecule has 7 atom stereocenters.